The van der Waals surface area contributed by atoms with E-state index in [1.54, 1.807) is 22.7 Å². The third kappa shape index (κ3) is 4.10. The second-order valence-electron chi connectivity index (χ2n) is 8.24. The number of aryl methyl sites for hydroxylation is 5. The van der Waals surface area contributed by atoms with Gasteiger partial charge in [0.05, 0.1) is 5.69 Å². The summed E-state index contributed by atoms with van der Waals surface area (Å²) in [5, 5.41) is 5.60. The normalized spacial score (nSPS) is 11.2. The SMILES string of the molecule is CCn1cc(CN(C)C(=O)c2c(C)ccn(CCc3c[nH]c4ccccc34)c2=O)c(C)n1. The first-order chi connectivity index (χ1) is 15.4. The van der Waals surface area contributed by atoms with Crippen LogP contribution < -0.4 is 5.56 Å². The van der Waals surface area contributed by atoms with Crippen LogP contribution in [-0.4, -0.2) is 37.2 Å². The standard InChI is InChI=1S/C25H29N5O2/c1-5-30-16-20(18(3)27-30)15-28(4)24(31)23-17(2)10-12-29(25(23)32)13-11-19-14-26-22-9-7-6-8-21(19)22/h6-10,12,14,16,26H,5,11,13,15H2,1-4H3. The molecule has 0 bridgehead atoms. The number of carbonyl (C=O) groups excluding carboxylic acids is 1. The molecule has 4 rings (SSSR count). The van der Waals surface area contributed by atoms with Crippen molar-refractivity contribution in [3.63, 3.8) is 0 Å². The molecule has 1 amide bonds. The minimum Gasteiger partial charge on any atom is -0.361 e. The molecule has 3 aromatic heterocycles. The number of nitrogens with zero attached hydrogens (tertiary/aromatic N) is 4. The molecule has 0 unspecified atom stereocenters. The molecule has 7 heteroatoms. The summed E-state index contributed by atoms with van der Waals surface area (Å²) in [5.74, 6) is -0.266. The number of benzene rings is 1. The van der Waals surface area contributed by atoms with Crippen LogP contribution in [0, 0.1) is 13.8 Å². The Morgan fingerprint density at radius 2 is 1.94 bits per heavy atom. The van der Waals surface area contributed by atoms with E-state index in [2.05, 4.69) is 16.1 Å². The molecular weight excluding hydrogens is 402 g/mol. The van der Waals surface area contributed by atoms with E-state index in [-0.39, 0.29) is 17.0 Å². The molecule has 0 aliphatic heterocycles. The summed E-state index contributed by atoms with van der Waals surface area (Å²) in [4.78, 5) is 31.3. The molecule has 0 atom stereocenters. The number of aromatic amines is 1. The van der Waals surface area contributed by atoms with Gasteiger partial charge in [0.15, 0.2) is 0 Å². The lowest BCUT2D eigenvalue weighted by Crippen LogP contribution is -2.35. The van der Waals surface area contributed by atoms with Gasteiger partial charge in [0.25, 0.3) is 11.5 Å². The molecule has 4 aromatic rings. The average molecular weight is 432 g/mol. The average Bonchev–Trinajstić information content (AvgIpc) is 3.36. The van der Waals surface area contributed by atoms with Crippen LogP contribution >= 0.6 is 0 Å². The van der Waals surface area contributed by atoms with E-state index in [0.29, 0.717) is 25.1 Å². The van der Waals surface area contributed by atoms with Gasteiger partial charge >= 0.3 is 0 Å². The van der Waals surface area contributed by atoms with Gasteiger partial charge in [-0.1, -0.05) is 18.2 Å². The fourth-order valence-electron chi connectivity index (χ4n) is 4.08. The Bertz CT molecular complexity index is 1330. The molecule has 166 valence electrons. The second kappa shape index (κ2) is 8.86. The van der Waals surface area contributed by atoms with E-state index >= 15 is 0 Å². The van der Waals surface area contributed by atoms with Gasteiger partial charge < -0.3 is 14.5 Å². The Morgan fingerprint density at radius 3 is 2.69 bits per heavy atom. The minimum atomic E-state index is -0.266. The molecule has 3 heterocycles. The number of amides is 1. The highest BCUT2D eigenvalue weighted by Gasteiger charge is 2.21. The summed E-state index contributed by atoms with van der Waals surface area (Å²) in [6.07, 6.45) is 6.42. The zero-order chi connectivity index (χ0) is 22.8. The number of H-pyrrole nitrogens is 1. The molecule has 0 aliphatic rings. The van der Waals surface area contributed by atoms with Gasteiger partial charge in [0.1, 0.15) is 5.56 Å². The van der Waals surface area contributed by atoms with Gasteiger partial charge in [-0.25, -0.2) is 0 Å². The van der Waals surface area contributed by atoms with E-state index < -0.39 is 0 Å². The molecule has 1 aromatic carbocycles. The van der Waals surface area contributed by atoms with E-state index in [9.17, 15) is 9.59 Å². The molecule has 0 fully saturated rings. The number of carbonyl (C=O) groups is 1. The van der Waals surface area contributed by atoms with Crippen LogP contribution in [-0.2, 0) is 26.1 Å². The summed E-state index contributed by atoms with van der Waals surface area (Å²) in [6, 6.07) is 9.96. The van der Waals surface area contributed by atoms with Crippen LogP contribution in [0.3, 0.4) is 0 Å². The summed E-state index contributed by atoms with van der Waals surface area (Å²) in [7, 11) is 1.73. The molecule has 0 aliphatic carbocycles. The van der Waals surface area contributed by atoms with E-state index in [4.69, 9.17) is 0 Å². The highest BCUT2D eigenvalue weighted by atomic mass is 16.2. The number of fused-ring (bicyclic) bond motifs is 1. The first-order valence-electron chi connectivity index (χ1n) is 10.9. The van der Waals surface area contributed by atoms with Crippen molar-refractivity contribution in [3.05, 3.63) is 87.2 Å². The van der Waals surface area contributed by atoms with Crippen molar-refractivity contribution < 1.29 is 4.79 Å². The van der Waals surface area contributed by atoms with Crippen molar-refractivity contribution in [1.82, 2.24) is 24.2 Å². The van der Waals surface area contributed by atoms with Gasteiger partial charge in [-0.05, 0) is 50.5 Å². The maximum atomic E-state index is 13.2. The number of pyridine rings is 1. The van der Waals surface area contributed by atoms with Crippen molar-refractivity contribution in [3.8, 4) is 0 Å². The van der Waals surface area contributed by atoms with E-state index in [1.165, 1.54) is 0 Å². The fourth-order valence-corrected chi connectivity index (χ4v) is 4.08. The summed E-state index contributed by atoms with van der Waals surface area (Å²) in [5.41, 5.74) is 4.79. The van der Waals surface area contributed by atoms with Gasteiger partial charge in [-0.2, -0.15) is 5.10 Å². The summed E-state index contributed by atoms with van der Waals surface area (Å²) in [6.45, 7) is 7.47. The largest absolute Gasteiger partial charge is 0.361 e. The van der Waals surface area contributed by atoms with Crippen LogP contribution in [0.5, 0.6) is 0 Å². The summed E-state index contributed by atoms with van der Waals surface area (Å²) >= 11 is 0. The molecule has 0 radical (unpaired) electrons. The van der Waals surface area contributed by atoms with Crippen LogP contribution in [0.15, 0.2) is 53.7 Å². The van der Waals surface area contributed by atoms with Gasteiger partial charge in [0.2, 0.25) is 0 Å². The first kappa shape index (κ1) is 21.6. The highest BCUT2D eigenvalue weighted by molar-refractivity contribution is 5.95. The van der Waals surface area contributed by atoms with Gasteiger partial charge in [0, 0.05) is 61.7 Å². The second-order valence-corrected chi connectivity index (χ2v) is 8.24. The molecule has 0 saturated heterocycles. The minimum absolute atomic E-state index is 0.231. The zero-order valence-electron chi connectivity index (χ0n) is 19.1. The Balaban J connectivity index is 1.55. The van der Waals surface area contributed by atoms with Crippen molar-refractivity contribution >= 4 is 16.8 Å². The number of hydrogen-bond acceptors (Lipinski definition) is 3. The van der Waals surface area contributed by atoms with Crippen LogP contribution in [0.2, 0.25) is 0 Å². The predicted octanol–water partition coefficient (Wildman–Crippen LogP) is 3.68. The van der Waals surface area contributed by atoms with Crippen molar-refractivity contribution in [1.29, 1.82) is 0 Å². The molecular formula is C25H29N5O2. The van der Waals surface area contributed by atoms with Crippen LogP contribution in [0.4, 0.5) is 0 Å². The molecule has 32 heavy (non-hydrogen) atoms. The lowest BCUT2D eigenvalue weighted by atomic mass is 10.1. The number of hydrogen-bond donors (Lipinski definition) is 1. The third-order valence-electron chi connectivity index (χ3n) is 6.01. The Hall–Kier alpha value is -3.61. The van der Waals surface area contributed by atoms with Crippen molar-refractivity contribution in [2.75, 3.05) is 7.05 Å². The predicted molar refractivity (Wildman–Crippen MR) is 126 cm³/mol. The smallest absolute Gasteiger partial charge is 0.263 e. The summed E-state index contributed by atoms with van der Waals surface area (Å²) < 4.78 is 3.49. The first-order valence-corrected chi connectivity index (χ1v) is 10.9. The number of aromatic nitrogens is 4. The molecule has 0 saturated carbocycles. The number of para-hydroxylation sites is 1. The molecule has 1 N–H and O–H groups in total. The zero-order valence-corrected chi connectivity index (χ0v) is 19.1. The van der Waals surface area contributed by atoms with Gasteiger partial charge in [-0.15, -0.1) is 0 Å². The molecule has 0 spiro atoms. The van der Waals surface area contributed by atoms with E-state index in [1.807, 2.05) is 62.1 Å². The lowest BCUT2D eigenvalue weighted by molar-refractivity contribution is 0.0781. The van der Waals surface area contributed by atoms with Crippen molar-refractivity contribution in [2.24, 2.45) is 0 Å². The van der Waals surface area contributed by atoms with E-state index in [0.717, 1.165) is 34.3 Å². The Morgan fingerprint density at radius 1 is 1.16 bits per heavy atom. The lowest BCUT2D eigenvalue weighted by Gasteiger charge is -2.18. The number of nitrogens with one attached hydrogen (secondary N) is 1. The van der Waals surface area contributed by atoms with Gasteiger partial charge in [-0.3, -0.25) is 14.3 Å². The third-order valence-corrected chi connectivity index (χ3v) is 6.01. The molecule has 7 nitrogen and oxygen atoms in total. The Kier molecular flexibility index (Phi) is 5.99. The quantitative estimate of drug-likeness (QED) is 0.485. The van der Waals surface area contributed by atoms with Crippen LogP contribution in [0.25, 0.3) is 10.9 Å². The highest BCUT2D eigenvalue weighted by Crippen LogP contribution is 2.18. The monoisotopic (exact) mass is 431 g/mol. The fraction of sp³-hybridized carbons (Fsp3) is 0.320. The Labute approximate surface area is 187 Å². The topological polar surface area (TPSA) is 75.9 Å². The van der Waals surface area contributed by atoms with Crippen molar-refractivity contribution in [2.45, 2.75) is 46.8 Å². The number of rotatable bonds is 7. The van der Waals surface area contributed by atoms with Crippen LogP contribution in [0.1, 0.15) is 39.7 Å². The maximum absolute atomic E-state index is 13.2. The maximum Gasteiger partial charge on any atom is 0.263 e.